The average molecular weight is 474 g/mol. The van der Waals surface area contributed by atoms with Crippen molar-refractivity contribution >= 4 is 45.3 Å². The van der Waals surface area contributed by atoms with Crippen LogP contribution in [-0.2, 0) is 17.8 Å². The molecule has 5 rings (SSSR count). The molecule has 1 N–H and O–H groups in total. The zero-order valence-electron chi connectivity index (χ0n) is 19.5. The van der Waals surface area contributed by atoms with Crippen LogP contribution in [0.15, 0.2) is 53.7 Å². The van der Waals surface area contributed by atoms with Crippen molar-refractivity contribution in [2.75, 3.05) is 5.75 Å². The first-order valence-corrected chi connectivity index (χ1v) is 12.5. The standard InChI is InChI=1S/C25H27N7OS/c1-4-16(2)26-23(33)15-34-25-28-19-10-6-5-9-18(19)24-29-22(30-32(24)25)13-14-31-17(3)27-20-11-7-8-12-21(20)31/h5-12,16H,4,13-15H2,1-3H3,(H,26,33). The summed E-state index contributed by atoms with van der Waals surface area (Å²) in [6.45, 7) is 6.81. The lowest BCUT2D eigenvalue weighted by molar-refractivity contribution is -0.119. The van der Waals surface area contributed by atoms with Crippen LogP contribution >= 0.6 is 11.8 Å². The zero-order chi connectivity index (χ0) is 23.7. The lowest BCUT2D eigenvalue weighted by atomic mass is 10.2. The Hall–Kier alpha value is -3.46. The van der Waals surface area contributed by atoms with Crippen molar-refractivity contribution in [1.29, 1.82) is 0 Å². The number of hydrogen-bond donors (Lipinski definition) is 1. The van der Waals surface area contributed by atoms with E-state index in [-0.39, 0.29) is 17.7 Å². The van der Waals surface area contributed by atoms with Gasteiger partial charge < -0.3 is 9.88 Å². The highest BCUT2D eigenvalue weighted by Crippen LogP contribution is 2.24. The van der Waals surface area contributed by atoms with Gasteiger partial charge in [-0.2, -0.15) is 4.52 Å². The fourth-order valence-electron chi connectivity index (χ4n) is 4.01. The molecule has 0 aliphatic heterocycles. The Bertz CT molecular complexity index is 1490. The van der Waals surface area contributed by atoms with E-state index in [9.17, 15) is 4.79 Å². The number of para-hydroxylation sites is 3. The number of amides is 1. The summed E-state index contributed by atoms with van der Waals surface area (Å²) in [5.74, 6) is 1.98. The minimum atomic E-state index is -0.00902. The first kappa shape index (κ1) is 22.3. The van der Waals surface area contributed by atoms with Gasteiger partial charge in [-0.05, 0) is 44.5 Å². The topological polar surface area (TPSA) is 90.0 Å². The number of carbonyl (C=O) groups is 1. The highest BCUT2D eigenvalue weighted by molar-refractivity contribution is 7.99. The number of rotatable bonds is 8. The van der Waals surface area contributed by atoms with Crippen LogP contribution in [0, 0.1) is 6.92 Å². The summed E-state index contributed by atoms with van der Waals surface area (Å²) in [6, 6.07) is 16.2. The number of fused-ring (bicyclic) bond motifs is 4. The molecule has 3 aromatic heterocycles. The van der Waals surface area contributed by atoms with E-state index >= 15 is 0 Å². The van der Waals surface area contributed by atoms with E-state index in [0.717, 1.165) is 52.2 Å². The summed E-state index contributed by atoms with van der Waals surface area (Å²) < 4.78 is 3.98. The van der Waals surface area contributed by atoms with E-state index < -0.39 is 0 Å². The molecule has 9 heteroatoms. The van der Waals surface area contributed by atoms with Crippen LogP contribution in [0.5, 0.6) is 0 Å². The number of thioether (sulfide) groups is 1. The number of aromatic nitrogens is 6. The number of nitrogens with zero attached hydrogens (tertiary/aromatic N) is 6. The second-order valence-electron chi connectivity index (χ2n) is 8.39. The summed E-state index contributed by atoms with van der Waals surface area (Å²) >= 11 is 1.38. The van der Waals surface area contributed by atoms with Gasteiger partial charge in [-0.15, -0.1) is 5.10 Å². The third-order valence-electron chi connectivity index (χ3n) is 5.95. The van der Waals surface area contributed by atoms with Gasteiger partial charge in [-0.1, -0.05) is 43.0 Å². The van der Waals surface area contributed by atoms with Crippen molar-refractivity contribution in [1.82, 2.24) is 34.4 Å². The Morgan fingerprint density at radius 2 is 1.82 bits per heavy atom. The summed E-state index contributed by atoms with van der Waals surface area (Å²) in [6.07, 6.45) is 1.56. The first-order chi connectivity index (χ1) is 16.5. The Kier molecular flexibility index (Phi) is 6.19. The molecule has 0 fully saturated rings. The maximum atomic E-state index is 12.3. The fraction of sp³-hybridized carbons (Fsp3) is 0.320. The van der Waals surface area contributed by atoms with Gasteiger partial charge in [0.25, 0.3) is 0 Å². The molecule has 1 amide bonds. The van der Waals surface area contributed by atoms with Crippen LogP contribution < -0.4 is 5.32 Å². The maximum absolute atomic E-state index is 12.3. The third-order valence-corrected chi connectivity index (χ3v) is 6.88. The Morgan fingerprint density at radius 1 is 1.06 bits per heavy atom. The number of carbonyl (C=O) groups excluding carboxylic acids is 1. The summed E-state index contributed by atoms with van der Waals surface area (Å²) in [5.41, 5.74) is 3.71. The lowest BCUT2D eigenvalue weighted by Gasteiger charge is -2.11. The molecule has 3 heterocycles. The highest BCUT2D eigenvalue weighted by Gasteiger charge is 2.16. The Morgan fingerprint density at radius 3 is 2.65 bits per heavy atom. The Labute approximate surface area is 201 Å². The molecule has 0 spiro atoms. The van der Waals surface area contributed by atoms with E-state index in [2.05, 4.69) is 27.9 Å². The van der Waals surface area contributed by atoms with Crippen LogP contribution in [0.2, 0.25) is 0 Å². The molecule has 0 aliphatic rings. The van der Waals surface area contributed by atoms with Gasteiger partial charge >= 0.3 is 0 Å². The molecule has 1 atom stereocenters. The smallest absolute Gasteiger partial charge is 0.230 e. The molecule has 5 aromatic rings. The van der Waals surface area contributed by atoms with E-state index in [0.29, 0.717) is 11.6 Å². The summed E-state index contributed by atoms with van der Waals surface area (Å²) in [4.78, 5) is 26.7. The van der Waals surface area contributed by atoms with E-state index in [1.807, 2.05) is 56.3 Å². The highest BCUT2D eigenvalue weighted by atomic mass is 32.2. The molecular weight excluding hydrogens is 446 g/mol. The molecule has 34 heavy (non-hydrogen) atoms. The monoisotopic (exact) mass is 473 g/mol. The predicted molar refractivity (Wildman–Crippen MR) is 135 cm³/mol. The SMILES string of the molecule is CCC(C)NC(=O)CSc1nc2ccccc2c2nc(CCn3c(C)nc4ccccc43)nn12. The molecular formula is C25H27N7OS. The van der Waals surface area contributed by atoms with Gasteiger partial charge in [0.05, 0.1) is 22.3 Å². The number of hydrogen-bond acceptors (Lipinski definition) is 6. The molecule has 8 nitrogen and oxygen atoms in total. The number of aryl methyl sites for hydroxylation is 3. The fourth-order valence-corrected chi connectivity index (χ4v) is 4.77. The zero-order valence-corrected chi connectivity index (χ0v) is 20.3. The van der Waals surface area contributed by atoms with E-state index in [4.69, 9.17) is 15.1 Å². The quantitative estimate of drug-likeness (QED) is 0.269. The van der Waals surface area contributed by atoms with E-state index in [1.54, 1.807) is 4.52 Å². The minimum absolute atomic E-state index is 0.00902. The van der Waals surface area contributed by atoms with Crippen LogP contribution in [-0.4, -0.2) is 46.8 Å². The van der Waals surface area contributed by atoms with Gasteiger partial charge in [-0.25, -0.2) is 15.0 Å². The van der Waals surface area contributed by atoms with Gasteiger partial charge in [0.15, 0.2) is 16.6 Å². The number of benzene rings is 2. The Balaban J connectivity index is 1.44. The van der Waals surface area contributed by atoms with Crippen LogP contribution in [0.1, 0.15) is 31.9 Å². The molecule has 0 saturated heterocycles. The number of imidazole rings is 1. The second-order valence-corrected chi connectivity index (χ2v) is 9.33. The molecule has 0 radical (unpaired) electrons. The van der Waals surface area contributed by atoms with Crippen molar-refractivity contribution in [3.05, 3.63) is 60.2 Å². The van der Waals surface area contributed by atoms with Gasteiger partial charge in [0.1, 0.15) is 5.82 Å². The molecule has 0 bridgehead atoms. The average Bonchev–Trinajstić information content (AvgIpc) is 3.41. The largest absolute Gasteiger partial charge is 0.353 e. The predicted octanol–water partition coefficient (Wildman–Crippen LogP) is 4.19. The van der Waals surface area contributed by atoms with Crippen LogP contribution in [0.25, 0.3) is 27.6 Å². The van der Waals surface area contributed by atoms with Gasteiger partial charge in [0, 0.05) is 24.4 Å². The molecule has 1 unspecified atom stereocenters. The first-order valence-electron chi connectivity index (χ1n) is 11.5. The van der Waals surface area contributed by atoms with Crippen molar-refractivity contribution in [3.63, 3.8) is 0 Å². The van der Waals surface area contributed by atoms with Crippen molar-refractivity contribution < 1.29 is 4.79 Å². The van der Waals surface area contributed by atoms with Gasteiger partial charge in [0.2, 0.25) is 5.91 Å². The summed E-state index contributed by atoms with van der Waals surface area (Å²) in [5, 5.41) is 9.39. The van der Waals surface area contributed by atoms with Crippen LogP contribution in [0.4, 0.5) is 0 Å². The minimum Gasteiger partial charge on any atom is -0.353 e. The third kappa shape index (κ3) is 4.35. The lowest BCUT2D eigenvalue weighted by Crippen LogP contribution is -2.33. The maximum Gasteiger partial charge on any atom is 0.230 e. The molecule has 2 aromatic carbocycles. The van der Waals surface area contributed by atoms with Crippen molar-refractivity contribution in [2.45, 2.75) is 51.4 Å². The number of nitrogens with one attached hydrogen (secondary N) is 1. The second kappa shape index (κ2) is 9.42. The normalized spacial score (nSPS) is 12.6. The molecule has 0 saturated carbocycles. The van der Waals surface area contributed by atoms with Gasteiger partial charge in [-0.3, -0.25) is 4.79 Å². The molecule has 0 aliphatic carbocycles. The van der Waals surface area contributed by atoms with Crippen LogP contribution in [0.3, 0.4) is 0 Å². The summed E-state index contributed by atoms with van der Waals surface area (Å²) in [7, 11) is 0. The van der Waals surface area contributed by atoms with Crippen molar-refractivity contribution in [2.24, 2.45) is 0 Å². The van der Waals surface area contributed by atoms with E-state index in [1.165, 1.54) is 11.8 Å². The van der Waals surface area contributed by atoms with Crippen molar-refractivity contribution in [3.8, 4) is 0 Å². The molecule has 174 valence electrons.